The summed E-state index contributed by atoms with van der Waals surface area (Å²) in [6, 6.07) is 4.46. The number of carbonyl (C=O) groups is 1. The number of esters is 1. The summed E-state index contributed by atoms with van der Waals surface area (Å²) < 4.78 is 31.8. The Bertz CT molecular complexity index is 650. The summed E-state index contributed by atoms with van der Waals surface area (Å²) in [5, 5.41) is 0.444. The molecule has 0 radical (unpaired) electrons. The molecule has 0 N–H and O–H groups in total. The van der Waals surface area contributed by atoms with Crippen LogP contribution in [-0.2, 0) is 19.6 Å². The molecular weight excluding hydrogens is 382 g/mol. The Balaban J connectivity index is 2.26. The highest BCUT2D eigenvalue weighted by atomic mass is 79.9. The van der Waals surface area contributed by atoms with Crippen molar-refractivity contribution in [3.05, 3.63) is 27.7 Å². The van der Waals surface area contributed by atoms with Crippen LogP contribution in [-0.4, -0.2) is 38.9 Å². The number of benzene rings is 1. The predicted molar refractivity (Wildman–Crippen MR) is 82.7 cm³/mol. The largest absolute Gasteiger partial charge is 0.469 e. The second-order valence-corrected chi connectivity index (χ2v) is 8.00. The van der Waals surface area contributed by atoms with E-state index in [9.17, 15) is 13.2 Å². The number of halogens is 2. The number of methoxy groups -OCH3 is 1. The van der Waals surface area contributed by atoms with Crippen LogP contribution in [0.25, 0.3) is 0 Å². The molecule has 8 heteroatoms. The standard InChI is InChI=1S/C13H15BrClNO4S/c1-20-13(17)9-3-2-6-16(8-9)21(18,19)10-4-5-12(15)11(14)7-10/h4-5,7,9H,2-3,6,8H2,1H3. The van der Waals surface area contributed by atoms with E-state index in [-0.39, 0.29) is 17.4 Å². The van der Waals surface area contributed by atoms with Gasteiger partial charge in [0, 0.05) is 17.6 Å². The van der Waals surface area contributed by atoms with Crippen LogP contribution >= 0.6 is 27.5 Å². The van der Waals surface area contributed by atoms with E-state index in [0.717, 1.165) is 0 Å². The predicted octanol–water partition coefficient (Wildman–Crippen LogP) is 2.68. The quantitative estimate of drug-likeness (QED) is 0.737. The fraction of sp³-hybridized carbons (Fsp3) is 0.462. The van der Waals surface area contributed by atoms with Crippen molar-refractivity contribution >= 4 is 43.5 Å². The Kier molecular flexibility index (Phi) is 5.29. The van der Waals surface area contributed by atoms with Crippen LogP contribution in [0.15, 0.2) is 27.6 Å². The van der Waals surface area contributed by atoms with E-state index in [2.05, 4.69) is 15.9 Å². The lowest BCUT2D eigenvalue weighted by atomic mass is 10.0. The maximum atomic E-state index is 12.6. The maximum Gasteiger partial charge on any atom is 0.309 e. The summed E-state index contributed by atoms with van der Waals surface area (Å²) in [5.74, 6) is -0.776. The van der Waals surface area contributed by atoms with Crippen molar-refractivity contribution in [2.75, 3.05) is 20.2 Å². The van der Waals surface area contributed by atoms with Crippen molar-refractivity contribution in [2.45, 2.75) is 17.7 Å². The average Bonchev–Trinajstić information content (AvgIpc) is 2.49. The third-order valence-electron chi connectivity index (χ3n) is 3.45. The van der Waals surface area contributed by atoms with Gasteiger partial charge >= 0.3 is 5.97 Å². The van der Waals surface area contributed by atoms with Gasteiger partial charge in [0.25, 0.3) is 0 Å². The van der Waals surface area contributed by atoms with Crippen LogP contribution in [0.4, 0.5) is 0 Å². The number of rotatable bonds is 3. The molecule has 1 fully saturated rings. The van der Waals surface area contributed by atoms with Crippen molar-refractivity contribution in [3.8, 4) is 0 Å². The molecule has 1 aliphatic rings. The summed E-state index contributed by atoms with van der Waals surface area (Å²) in [6.07, 6.45) is 1.27. The fourth-order valence-electron chi connectivity index (χ4n) is 2.31. The lowest BCUT2D eigenvalue weighted by Gasteiger charge is -2.30. The minimum atomic E-state index is -3.64. The summed E-state index contributed by atoms with van der Waals surface area (Å²) in [7, 11) is -2.33. The van der Waals surface area contributed by atoms with Crippen LogP contribution in [0.3, 0.4) is 0 Å². The third-order valence-corrected chi connectivity index (χ3v) is 6.52. The molecule has 116 valence electrons. The minimum Gasteiger partial charge on any atom is -0.469 e. The van der Waals surface area contributed by atoms with E-state index in [0.29, 0.717) is 28.9 Å². The van der Waals surface area contributed by atoms with E-state index < -0.39 is 15.9 Å². The minimum absolute atomic E-state index is 0.148. The summed E-state index contributed by atoms with van der Waals surface area (Å²) in [6.45, 7) is 0.547. The van der Waals surface area contributed by atoms with Crippen molar-refractivity contribution in [1.29, 1.82) is 0 Å². The van der Waals surface area contributed by atoms with Gasteiger partial charge in [0.05, 0.1) is 22.9 Å². The lowest BCUT2D eigenvalue weighted by Crippen LogP contribution is -2.42. The molecule has 1 aliphatic heterocycles. The zero-order chi connectivity index (χ0) is 15.6. The smallest absolute Gasteiger partial charge is 0.309 e. The summed E-state index contributed by atoms with van der Waals surface area (Å²) in [5.41, 5.74) is 0. The number of piperidine rings is 1. The third kappa shape index (κ3) is 3.59. The number of hydrogen-bond donors (Lipinski definition) is 0. The van der Waals surface area contributed by atoms with Gasteiger partial charge in [-0.3, -0.25) is 4.79 Å². The molecule has 1 aromatic rings. The number of hydrogen-bond acceptors (Lipinski definition) is 4. The molecule has 0 spiro atoms. The summed E-state index contributed by atoms with van der Waals surface area (Å²) >= 11 is 9.10. The average molecular weight is 397 g/mol. The van der Waals surface area contributed by atoms with Gasteiger partial charge in [-0.1, -0.05) is 11.6 Å². The van der Waals surface area contributed by atoms with Gasteiger partial charge in [-0.25, -0.2) is 8.42 Å². The van der Waals surface area contributed by atoms with Gasteiger partial charge in [-0.05, 0) is 47.0 Å². The first-order valence-corrected chi connectivity index (χ1v) is 9.00. The lowest BCUT2D eigenvalue weighted by molar-refractivity contribution is -0.146. The van der Waals surface area contributed by atoms with E-state index in [1.54, 1.807) is 0 Å². The van der Waals surface area contributed by atoms with Crippen LogP contribution in [0, 0.1) is 5.92 Å². The highest BCUT2D eigenvalue weighted by Crippen LogP contribution is 2.29. The topological polar surface area (TPSA) is 63.7 Å². The Morgan fingerprint density at radius 2 is 2.19 bits per heavy atom. The van der Waals surface area contributed by atoms with Gasteiger partial charge < -0.3 is 4.74 Å². The van der Waals surface area contributed by atoms with E-state index in [1.807, 2.05) is 0 Å². The molecule has 0 amide bonds. The zero-order valence-electron chi connectivity index (χ0n) is 11.4. The first kappa shape index (κ1) is 16.7. The molecule has 0 aromatic heterocycles. The first-order chi connectivity index (χ1) is 9.86. The molecule has 0 aliphatic carbocycles. The van der Waals surface area contributed by atoms with Crippen molar-refractivity contribution in [3.63, 3.8) is 0 Å². The maximum absolute atomic E-state index is 12.6. The SMILES string of the molecule is COC(=O)C1CCCN(S(=O)(=O)c2ccc(Cl)c(Br)c2)C1. The second kappa shape index (κ2) is 6.64. The van der Waals surface area contributed by atoms with Crippen LogP contribution in [0.1, 0.15) is 12.8 Å². The molecule has 21 heavy (non-hydrogen) atoms. The van der Waals surface area contributed by atoms with Crippen molar-refractivity contribution < 1.29 is 17.9 Å². The number of sulfonamides is 1. The van der Waals surface area contributed by atoms with E-state index in [1.165, 1.54) is 29.6 Å². The number of nitrogens with zero attached hydrogens (tertiary/aromatic N) is 1. The van der Waals surface area contributed by atoms with Crippen molar-refractivity contribution in [2.24, 2.45) is 5.92 Å². The van der Waals surface area contributed by atoms with Crippen LogP contribution < -0.4 is 0 Å². The molecule has 1 saturated heterocycles. The van der Waals surface area contributed by atoms with Gasteiger partial charge in [0.2, 0.25) is 10.0 Å². The molecule has 1 aromatic carbocycles. The van der Waals surface area contributed by atoms with Gasteiger partial charge in [0.1, 0.15) is 0 Å². The summed E-state index contributed by atoms with van der Waals surface area (Å²) in [4.78, 5) is 11.8. The Labute approximate surface area is 137 Å². The van der Waals surface area contributed by atoms with Crippen LogP contribution in [0.5, 0.6) is 0 Å². The molecular formula is C13H15BrClNO4S. The van der Waals surface area contributed by atoms with Gasteiger partial charge in [0.15, 0.2) is 0 Å². The Hall–Kier alpha value is -0.630. The normalized spacial score (nSPS) is 20.2. The van der Waals surface area contributed by atoms with Gasteiger partial charge in [-0.2, -0.15) is 4.31 Å². The Morgan fingerprint density at radius 1 is 1.48 bits per heavy atom. The number of carbonyl (C=O) groups excluding carboxylic acids is 1. The highest BCUT2D eigenvalue weighted by Gasteiger charge is 2.33. The molecule has 2 rings (SSSR count). The molecule has 1 heterocycles. The second-order valence-electron chi connectivity index (χ2n) is 4.80. The fourth-order valence-corrected chi connectivity index (χ4v) is 4.50. The molecule has 0 bridgehead atoms. The number of ether oxygens (including phenoxy) is 1. The van der Waals surface area contributed by atoms with Crippen LogP contribution in [0.2, 0.25) is 5.02 Å². The highest BCUT2D eigenvalue weighted by molar-refractivity contribution is 9.10. The first-order valence-electron chi connectivity index (χ1n) is 6.39. The Morgan fingerprint density at radius 3 is 2.81 bits per heavy atom. The van der Waals surface area contributed by atoms with Gasteiger partial charge in [-0.15, -0.1) is 0 Å². The van der Waals surface area contributed by atoms with Crippen molar-refractivity contribution in [1.82, 2.24) is 4.31 Å². The molecule has 0 saturated carbocycles. The zero-order valence-corrected chi connectivity index (χ0v) is 14.5. The molecule has 5 nitrogen and oxygen atoms in total. The molecule has 1 unspecified atom stereocenters. The van der Waals surface area contributed by atoms with E-state index in [4.69, 9.17) is 16.3 Å². The molecule has 1 atom stereocenters. The van der Waals surface area contributed by atoms with E-state index >= 15 is 0 Å². The monoisotopic (exact) mass is 395 g/mol.